The van der Waals surface area contributed by atoms with Crippen LogP contribution in [0.15, 0.2) is 41.4 Å². The molecule has 7 heteroatoms. The first-order valence-corrected chi connectivity index (χ1v) is 6.78. The van der Waals surface area contributed by atoms with Crippen molar-refractivity contribution in [1.82, 2.24) is 25.1 Å². The average molecular weight is 329 g/mol. The standard InChI is InChI=1S/C13H9BrN6/c14-9-5-15-12-11(9)13(17-6-16-12)19-8-1-2-10-7(3-8)4-18-20-10/h1-6H,(H,18,20)(H2,15,16,17,19). The highest BCUT2D eigenvalue weighted by atomic mass is 79.9. The highest BCUT2D eigenvalue weighted by Crippen LogP contribution is 2.30. The number of benzene rings is 1. The number of anilines is 2. The van der Waals surface area contributed by atoms with Gasteiger partial charge in [0, 0.05) is 21.7 Å². The molecule has 0 bridgehead atoms. The van der Waals surface area contributed by atoms with E-state index < -0.39 is 0 Å². The maximum Gasteiger partial charge on any atom is 0.144 e. The minimum absolute atomic E-state index is 0.756. The summed E-state index contributed by atoms with van der Waals surface area (Å²) >= 11 is 3.50. The average Bonchev–Trinajstić information content (AvgIpc) is 3.06. The Morgan fingerprint density at radius 3 is 3.10 bits per heavy atom. The van der Waals surface area contributed by atoms with Crippen LogP contribution < -0.4 is 5.32 Å². The number of nitrogens with zero attached hydrogens (tertiary/aromatic N) is 3. The van der Waals surface area contributed by atoms with E-state index in [9.17, 15) is 0 Å². The Balaban J connectivity index is 1.81. The van der Waals surface area contributed by atoms with Crippen LogP contribution >= 0.6 is 15.9 Å². The summed E-state index contributed by atoms with van der Waals surface area (Å²) in [6.45, 7) is 0. The molecule has 98 valence electrons. The van der Waals surface area contributed by atoms with Gasteiger partial charge in [-0.3, -0.25) is 5.10 Å². The van der Waals surface area contributed by atoms with Crippen molar-refractivity contribution in [3.63, 3.8) is 0 Å². The topological polar surface area (TPSA) is 82.3 Å². The number of H-pyrrole nitrogens is 2. The predicted octanol–water partition coefficient (Wildman–Crippen LogP) is 3.34. The van der Waals surface area contributed by atoms with Gasteiger partial charge in [-0.15, -0.1) is 0 Å². The second kappa shape index (κ2) is 4.31. The third-order valence-corrected chi connectivity index (χ3v) is 3.75. The van der Waals surface area contributed by atoms with Gasteiger partial charge in [0.1, 0.15) is 17.8 Å². The SMILES string of the molecule is Brc1c[nH]c2ncnc(Nc3ccc4[nH]ncc4c3)c12. The summed E-state index contributed by atoms with van der Waals surface area (Å²) in [5.41, 5.74) is 2.75. The molecule has 0 aliphatic heterocycles. The number of fused-ring (bicyclic) bond motifs is 2. The van der Waals surface area contributed by atoms with E-state index in [2.05, 4.69) is 46.4 Å². The molecule has 1 aromatic carbocycles. The molecule has 0 spiro atoms. The molecule has 0 saturated heterocycles. The molecule has 0 amide bonds. The zero-order valence-corrected chi connectivity index (χ0v) is 11.8. The number of nitrogens with one attached hydrogen (secondary N) is 3. The van der Waals surface area contributed by atoms with Crippen molar-refractivity contribution in [2.24, 2.45) is 0 Å². The predicted molar refractivity (Wildman–Crippen MR) is 81.0 cm³/mol. The van der Waals surface area contributed by atoms with Gasteiger partial charge in [-0.1, -0.05) is 0 Å². The van der Waals surface area contributed by atoms with Gasteiger partial charge >= 0.3 is 0 Å². The Kier molecular flexibility index (Phi) is 2.46. The minimum atomic E-state index is 0.756. The highest BCUT2D eigenvalue weighted by molar-refractivity contribution is 9.10. The zero-order valence-electron chi connectivity index (χ0n) is 10.2. The van der Waals surface area contributed by atoms with Crippen LogP contribution in [0.2, 0.25) is 0 Å². The highest BCUT2D eigenvalue weighted by Gasteiger charge is 2.09. The summed E-state index contributed by atoms with van der Waals surface area (Å²) in [5.74, 6) is 0.756. The third-order valence-electron chi connectivity index (χ3n) is 3.12. The third kappa shape index (κ3) is 1.75. The summed E-state index contributed by atoms with van der Waals surface area (Å²) in [6.07, 6.45) is 5.18. The number of hydrogen-bond acceptors (Lipinski definition) is 4. The fraction of sp³-hybridized carbons (Fsp3) is 0. The smallest absolute Gasteiger partial charge is 0.144 e. The van der Waals surface area contributed by atoms with Crippen LogP contribution in [0, 0.1) is 0 Å². The van der Waals surface area contributed by atoms with Crippen LogP contribution in [0.3, 0.4) is 0 Å². The van der Waals surface area contributed by atoms with E-state index >= 15 is 0 Å². The molecule has 3 N–H and O–H groups in total. The molecule has 0 aliphatic carbocycles. The maximum atomic E-state index is 4.31. The molecule has 4 aromatic rings. The van der Waals surface area contributed by atoms with E-state index in [1.165, 1.54) is 6.33 Å². The Labute approximate surface area is 121 Å². The lowest BCUT2D eigenvalue weighted by molar-refractivity contribution is 1.12. The maximum absolute atomic E-state index is 4.31. The summed E-state index contributed by atoms with van der Waals surface area (Å²) in [5, 5.41) is 12.2. The summed E-state index contributed by atoms with van der Waals surface area (Å²) in [6, 6.07) is 5.98. The zero-order chi connectivity index (χ0) is 13.5. The number of rotatable bonds is 2. The van der Waals surface area contributed by atoms with Gasteiger partial charge in [0.25, 0.3) is 0 Å². The molecule has 0 radical (unpaired) electrons. The van der Waals surface area contributed by atoms with E-state index in [1.54, 1.807) is 6.20 Å². The Hall–Kier alpha value is -2.41. The first kappa shape index (κ1) is 11.4. The van der Waals surface area contributed by atoms with Gasteiger partial charge in [0.05, 0.1) is 17.1 Å². The van der Waals surface area contributed by atoms with Gasteiger partial charge in [-0.25, -0.2) is 9.97 Å². The molecule has 0 unspecified atom stereocenters. The van der Waals surface area contributed by atoms with Gasteiger partial charge in [0.15, 0.2) is 0 Å². The number of aromatic nitrogens is 5. The molecule has 3 aromatic heterocycles. The normalized spacial score (nSPS) is 11.2. The van der Waals surface area contributed by atoms with Gasteiger partial charge in [-0.2, -0.15) is 5.10 Å². The van der Waals surface area contributed by atoms with Crippen LogP contribution in [0.5, 0.6) is 0 Å². The second-order valence-electron chi connectivity index (χ2n) is 4.38. The first-order valence-electron chi connectivity index (χ1n) is 5.99. The summed E-state index contributed by atoms with van der Waals surface area (Å²) < 4.78 is 0.931. The molecular formula is C13H9BrN6. The summed E-state index contributed by atoms with van der Waals surface area (Å²) in [7, 11) is 0. The molecule has 0 fully saturated rings. The van der Waals surface area contributed by atoms with Crippen LogP contribution in [-0.2, 0) is 0 Å². The molecular weight excluding hydrogens is 320 g/mol. The second-order valence-corrected chi connectivity index (χ2v) is 5.23. The monoisotopic (exact) mass is 328 g/mol. The van der Waals surface area contributed by atoms with Gasteiger partial charge < -0.3 is 10.3 Å². The lowest BCUT2D eigenvalue weighted by Gasteiger charge is -2.06. The van der Waals surface area contributed by atoms with Crippen LogP contribution in [0.4, 0.5) is 11.5 Å². The van der Waals surface area contributed by atoms with E-state index in [1.807, 2.05) is 24.4 Å². The number of hydrogen-bond donors (Lipinski definition) is 3. The van der Waals surface area contributed by atoms with Crippen LogP contribution in [0.1, 0.15) is 0 Å². The Bertz CT molecular complexity index is 909. The quantitative estimate of drug-likeness (QED) is 0.527. The Morgan fingerprint density at radius 2 is 2.15 bits per heavy atom. The molecule has 0 aliphatic rings. The van der Waals surface area contributed by atoms with Crippen molar-refractivity contribution in [3.05, 3.63) is 41.4 Å². The first-order chi connectivity index (χ1) is 9.81. The fourth-order valence-corrected chi connectivity index (χ4v) is 2.67. The molecule has 3 heterocycles. The lowest BCUT2D eigenvalue weighted by atomic mass is 10.2. The summed E-state index contributed by atoms with van der Waals surface area (Å²) in [4.78, 5) is 11.6. The molecule has 6 nitrogen and oxygen atoms in total. The lowest BCUT2D eigenvalue weighted by Crippen LogP contribution is -1.95. The van der Waals surface area contributed by atoms with Crippen LogP contribution in [-0.4, -0.2) is 25.1 Å². The largest absolute Gasteiger partial charge is 0.345 e. The van der Waals surface area contributed by atoms with E-state index in [0.717, 1.165) is 37.9 Å². The molecule has 0 atom stereocenters. The van der Waals surface area contributed by atoms with E-state index in [-0.39, 0.29) is 0 Å². The van der Waals surface area contributed by atoms with Crippen molar-refractivity contribution < 1.29 is 0 Å². The minimum Gasteiger partial charge on any atom is -0.345 e. The molecule has 20 heavy (non-hydrogen) atoms. The van der Waals surface area contributed by atoms with Crippen molar-refractivity contribution in [2.75, 3.05) is 5.32 Å². The van der Waals surface area contributed by atoms with Crippen molar-refractivity contribution in [3.8, 4) is 0 Å². The van der Waals surface area contributed by atoms with Gasteiger partial charge in [-0.05, 0) is 34.1 Å². The van der Waals surface area contributed by atoms with Crippen LogP contribution in [0.25, 0.3) is 21.9 Å². The Morgan fingerprint density at radius 1 is 1.20 bits per heavy atom. The number of halogens is 1. The van der Waals surface area contributed by atoms with Crippen molar-refractivity contribution in [1.29, 1.82) is 0 Å². The fourth-order valence-electron chi connectivity index (χ4n) is 2.18. The van der Waals surface area contributed by atoms with E-state index in [4.69, 9.17) is 0 Å². The number of aromatic amines is 2. The molecule has 0 saturated carbocycles. The van der Waals surface area contributed by atoms with Gasteiger partial charge in [0.2, 0.25) is 0 Å². The van der Waals surface area contributed by atoms with Crippen molar-refractivity contribution in [2.45, 2.75) is 0 Å². The van der Waals surface area contributed by atoms with Crippen molar-refractivity contribution >= 4 is 49.4 Å². The van der Waals surface area contributed by atoms with E-state index in [0.29, 0.717) is 0 Å². The molecule has 4 rings (SSSR count).